The molecule has 2 aromatic carbocycles. The maximum atomic E-state index is 12.0. The van der Waals surface area contributed by atoms with Gasteiger partial charge in [0.25, 0.3) is 0 Å². The Hall–Kier alpha value is -2.59. The number of amides is 1. The van der Waals surface area contributed by atoms with E-state index in [1.807, 2.05) is 24.3 Å². The molecule has 0 saturated heterocycles. The maximum Gasteiger partial charge on any atom is 0.244 e. The topological polar surface area (TPSA) is 42.8 Å². The molecule has 0 spiro atoms. The van der Waals surface area contributed by atoms with Gasteiger partial charge < -0.3 is 15.0 Å². The van der Waals surface area contributed by atoms with Gasteiger partial charge in [0.05, 0.1) is 21.2 Å². The highest BCUT2D eigenvalue weighted by Gasteiger charge is 2.01. The van der Waals surface area contributed by atoms with Gasteiger partial charge in [-0.1, -0.05) is 42.5 Å². The third kappa shape index (κ3) is 5.56. The molecule has 1 amide bonds. The summed E-state index contributed by atoms with van der Waals surface area (Å²) < 4.78 is 5.26. The predicted molar refractivity (Wildman–Crippen MR) is 96.8 cm³/mol. The van der Waals surface area contributed by atoms with Crippen LogP contribution in [0.25, 0.3) is 6.08 Å². The highest BCUT2D eigenvalue weighted by Crippen LogP contribution is 2.18. The summed E-state index contributed by atoms with van der Waals surface area (Å²) in [5.74, 6) is 0.628. The van der Waals surface area contributed by atoms with Crippen molar-refractivity contribution in [3.8, 4) is 5.75 Å². The number of methoxy groups -OCH3 is 1. The van der Waals surface area contributed by atoms with Gasteiger partial charge in [-0.05, 0) is 17.7 Å². The Labute approximate surface area is 143 Å². The van der Waals surface area contributed by atoms with Crippen LogP contribution in [0, 0.1) is 0 Å². The van der Waals surface area contributed by atoms with Crippen LogP contribution in [0.3, 0.4) is 0 Å². The molecule has 0 radical (unpaired) electrons. The maximum absolute atomic E-state index is 12.0. The average molecular weight is 325 g/mol. The quantitative estimate of drug-likeness (QED) is 0.761. The monoisotopic (exact) mass is 325 g/mol. The second-order valence-electron chi connectivity index (χ2n) is 5.99. The van der Waals surface area contributed by atoms with E-state index in [1.165, 1.54) is 16.5 Å². The number of hydrogen-bond acceptors (Lipinski definition) is 2. The van der Waals surface area contributed by atoms with Crippen molar-refractivity contribution in [2.45, 2.75) is 13.1 Å². The van der Waals surface area contributed by atoms with Crippen molar-refractivity contribution >= 4 is 12.0 Å². The van der Waals surface area contributed by atoms with Crippen LogP contribution in [-0.2, 0) is 17.9 Å². The molecular formula is C20H25N2O2+. The number of ether oxygens (including phenoxy) is 1. The van der Waals surface area contributed by atoms with E-state index >= 15 is 0 Å². The minimum atomic E-state index is -0.122. The van der Waals surface area contributed by atoms with Gasteiger partial charge in [-0.2, -0.15) is 0 Å². The van der Waals surface area contributed by atoms with E-state index in [1.54, 1.807) is 13.2 Å². The van der Waals surface area contributed by atoms with Gasteiger partial charge in [-0.15, -0.1) is 0 Å². The number of hydrogen-bond donors (Lipinski definition) is 2. The zero-order valence-electron chi connectivity index (χ0n) is 14.5. The summed E-state index contributed by atoms with van der Waals surface area (Å²) in [6.45, 7) is 1.51. The fourth-order valence-electron chi connectivity index (χ4n) is 2.40. The van der Waals surface area contributed by atoms with E-state index in [-0.39, 0.29) is 5.91 Å². The number of carbonyl (C=O) groups excluding carboxylic acids is 1. The fourth-order valence-corrected chi connectivity index (χ4v) is 2.40. The first-order chi connectivity index (χ1) is 11.6. The predicted octanol–water partition coefficient (Wildman–Crippen LogP) is 1.67. The van der Waals surface area contributed by atoms with Crippen LogP contribution in [-0.4, -0.2) is 27.1 Å². The van der Waals surface area contributed by atoms with E-state index in [2.05, 4.69) is 43.7 Å². The Balaban J connectivity index is 1.87. The van der Waals surface area contributed by atoms with Crippen LogP contribution < -0.4 is 15.0 Å². The summed E-state index contributed by atoms with van der Waals surface area (Å²) in [6.07, 6.45) is 3.29. The summed E-state index contributed by atoms with van der Waals surface area (Å²) in [6, 6.07) is 15.9. The van der Waals surface area contributed by atoms with Crippen molar-refractivity contribution in [1.29, 1.82) is 0 Å². The third-order valence-corrected chi connectivity index (χ3v) is 3.60. The molecule has 2 rings (SSSR count). The van der Waals surface area contributed by atoms with Gasteiger partial charge in [0.1, 0.15) is 12.3 Å². The lowest BCUT2D eigenvalue weighted by Gasteiger charge is -2.08. The number of benzene rings is 2. The van der Waals surface area contributed by atoms with E-state index < -0.39 is 0 Å². The summed E-state index contributed by atoms with van der Waals surface area (Å²) in [7, 11) is 5.87. The Morgan fingerprint density at radius 2 is 1.75 bits per heavy atom. The number of carbonyl (C=O) groups is 1. The molecule has 0 unspecified atom stereocenters. The van der Waals surface area contributed by atoms with Gasteiger partial charge >= 0.3 is 0 Å². The molecule has 0 aliphatic heterocycles. The van der Waals surface area contributed by atoms with Crippen molar-refractivity contribution in [3.63, 3.8) is 0 Å². The van der Waals surface area contributed by atoms with Crippen molar-refractivity contribution in [2.75, 3.05) is 21.2 Å². The van der Waals surface area contributed by atoms with E-state index in [4.69, 9.17) is 4.74 Å². The van der Waals surface area contributed by atoms with Crippen LogP contribution in [0.15, 0.2) is 54.6 Å². The molecule has 0 atom stereocenters. The number of rotatable bonds is 7. The zero-order valence-corrected chi connectivity index (χ0v) is 14.5. The first-order valence-corrected chi connectivity index (χ1v) is 8.04. The van der Waals surface area contributed by atoms with Crippen LogP contribution in [0.1, 0.15) is 16.7 Å². The van der Waals surface area contributed by atoms with Crippen LogP contribution in [0.4, 0.5) is 0 Å². The van der Waals surface area contributed by atoms with Gasteiger partial charge in [0.15, 0.2) is 0 Å². The average Bonchev–Trinajstić information content (AvgIpc) is 2.59. The van der Waals surface area contributed by atoms with Gasteiger partial charge in [-0.3, -0.25) is 4.79 Å². The smallest absolute Gasteiger partial charge is 0.244 e. The molecule has 0 aromatic heterocycles. The third-order valence-electron chi connectivity index (χ3n) is 3.60. The molecule has 0 aliphatic carbocycles. The summed E-state index contributed by atoms with van der Waals surface area (Å²) in [4.78, 5) is 13.3. The van der Waals surface area contributed by atoms with Crippen molar-refractivity contribution in [1.82, 2.24) is 5.32 Å². The van der Waals surface area contributed by atoms with Crippen LogP contribution >= 0.6 is 0 Å². The molecule has 2 N–H and O–H groups in total. The van der Waals surface area contributed by atoms with E-state index in [0.29, 0.717) is 6.54 Å². The Morgan fingerprint density at radius 3 is 2.42 bits per heavy atom. The Bertz CT molecular complexity index is 691. The number of nitrogens with one attached hydrogen (secondary N) is 2. The largest absolute Gasteiger partial charge is 0.496 e. The van der Waals surface area contributed by atoms with Crippen LogP contribution in [0.5, 0.6) is 5.75 Å². The van der Waals surface area contributed by atoms with Crippen molar-refractivity contribution < 1.29 is 14.4 Å². The molecule has 0 bridgehead atoms. The Morgan fingerprint density at radius 1 is 1.08 bits per heavy atom. The van der Waals surface area contributed by atoms with E-state index in [0.717, 1.165) is 23.4 Å². The molecule has 2 aromatic rings. The molecule has 126 valence electrons. The molecule has 4 nitrogen and oxygen atoms in total. The van der Waals surface area contributed by atoms with Crippen LogP contribution in [0.2, 0.25) is 0 Å². The molecule has 0 fully saturated rings. The van der Waals surface area contributed by atoms with Gasteiger partial charge in [0.2, 0.25) is 5.91 Å². The van der Waals surface area contributed by atoms with E-state index in [9.17, 15) is 4.79 Å². The molecular weight excluding hydrogens is 300 g/mol. The zero-order chi connectivity index (χ0) is 17.4. The van der Waals surface area contributed by atoms with Crippen molar-refractivity contribution in [2.24, 2.45) is 0 Å². The number of para-hydroxylation sites is 1. The fraction of sp³-hybridized carbons (Fsp3) is 0.250. The first kappa shape index (κ1) is 17.8. The molecule has 4 heteroatoms. The lowest BCUT2D eigenvalue weighted by Crippen LogP contribution is -3.04. The molecule has 0 saturated carbocycles. The Kier molecular flexibility index (Phi) is 6.58. The van der Waals surface area contributed by atoms with Gasteiger partial charge in [0, 0.05) is 23.7 Å². The molecule has 0 heterocycles. The van der Waals surface area contributed by atoms with Crippen molar-refractivity contribution in [3.05, 3.63) is 71.3 Å². The second kappa shape index (κ2) is 8.89. The normalized spacial score (nSPS) is 11.0. The SMILES string of the molecule is COc1ccccc1/C=C/C(=O)NCc1ccc(C[NH+](C)C)cc1. The minimum Gasteiger partial charge on any atom is -0.496 e. The molecule has 24 heavy (non-hydrogen) atoms. The lowest BCUT2D eigenvalue weighted by atomic mass is 10.1. The first-order valence-electron chi connectivity index (χ1n) is 8.04. The highest BCUT2D eigenvalue weighted by molar-refractivity contribution is 5.92. The van der Waals surface area contributed by atoms with Gasteiger partial charge in [-0.25, -0.2) is 0 Å². The lowest BCUT2D eigenvalue weighted by molar-refractivity contribution is -0.872. The number of quaternary nitrogens is 1. The molecule has 0 aliphatic rings. The minimum absolute atomic E-state index is 0.122. The highest BCUT2D eigenvalue weighted by atomic mass is 16.5. The second-order valence-corrected chi connectivity index (χ2v) is 5.99. The summed E-state index contributed by atoms with van der Waals surface area (Å²) in [5.41, 5.74) is 3.26. The standard InChI is InChI=1S/C20H24N2O2/c1-22(2)15-17-10-8-16(9-11-17)14-21-20(23)13-12-18-6-4-5-7-19(18)24-3/h4-13H,14-15H2,1-3H3,(H,21,23)/p+1/b13-12+. The summed E-state index contributed by atoms with van der Waals surface area (Å²) >= 11 is 0. The summed E-state index contributed by atoms with van der Waals surface area (Å²) in [5, 5.41) is 2.90.